The van der Waals surface area contributed by atoms with Crippen LogP contribution in [0.2, 0.25) is 0 Å². The van der Waals surface area contributed by atoms with Crippen molar-refractivity contribution >= 4 is 23.3 Å². The highest BCUT2D eigenvalue weighted by molar-refractivity contribution is 6.06. The quantitative estimate of drug-likeness (QED) is 0.558. The van der Waals surface area contributed by atoms with Gasteiger partial charge in [-0.2, -0.15) is 0 Å². The maximum Gasteiger partial charge on any atom is 0.259 e. The Hall–Kier alpha value is -3.93. The Bertz CT molecular complexity index is 1040. The summed E-state index contributed by atoms with van der Waals surface area (Å²) in [7, 11) is 0. The van der Waals surface area contributed by atoms with Gasteiger partial charge in [0.2, 0.25) is 0 Å². The first-order valence-corrected chi connectivity index (χ1v) is 9.95. The normalized spacial score (nSPS) is 11.3. The number of amides is 2. The Labute approximate surface area is 181 Å². The molecule has 1 atom stereocenters. The van der Waals surface area contributed by atoms with Crippen molar-refractivity contribution in [3.8, 4) is 5.75 Å². The summed E-state index contributed by atoms with van der Waals surface area (Å²) in [6.07, 6.45) is 0.401. The van der Waals surface area contributed by atoms with E-state index >= 15 is 0 Å². The van der Waals surface area contributed by atoms with E-state index in [1.165, 1.54) is 6.92 Å². The maximum absolute atomic E-state index is 12.6. The van der Waals surface area contributed by atoms with Crippen LogP contribution in [0.15, 0.2) is 84.9 Å². The van der Waals surface area contributed by atoms with Gasteiger partial charge in [-0.1, -0.05) is 60.7 Å². The minimum Gasteiger partial charge on any atom is -0.483 e. The summed E-state index contributed by atoms with van der Waals surface area (Å²) in [5.74, 6) is -0.629. The molecule has 0 saturated heterocycles. The van der Waals surface area contributed by atoms with Gasteiger partial charge < -0.3 is 15.4 Å². The summed E-state index contributed by atoms with van der Waals surface area (Å²) in [4.78, 5) is 37.0. The standard InChI is InChI=1S/C25H24N2O4/c1-18(28)22(16-19-10-4-2-5-11-19)27-24(29)17-31-23-15-9-8-14-21(23)25(30)26-20-12-6-3-7-13-20/h2-15,22H,16-17H2,1H3,(H,26,30)(H,27,29)/t22-/m0/s1. The van der Waals surface area contributed by atoms with Crippen molar-refractivity contribution in [3.05, 3.63) is 96.1 Å². The van der Waals surface area contributed by atoms with Gasteiger partial charge in [-0.3, -0.25) is 14.4 Å². The van der Waals surface area contributed by atoms with E-state index in [9.17, 15) is 14.4 Å². The molecule has 6 heteroatoms. The van der Waals surface area contributed by atoms with Gasteiger partial charge in [0.15, 0.2) is 12.4 Å². The number of carbonyl (C=O) groups is 3. The first-order valence-electron chi connectivity index (χ1n) is 9.95. The van der Waals surface area contributed by atoms with Crippen LogP contribution in [0.5, 0.6) is 5.75 Å². The van der Waals surface area contributed by atoms with E-state index in [1.54, 1.807) is 36.4 Å². The average molecular weight is 416 g/mol. The van der Waals surface area contributed by atoms with Crippen LogP contribution in [-0.2, 0) is 16.0 Å². The summed E-state index contributed by atoms with van der Waals surface area (Å²) in [6, 6.07) is 24.6. The van der Waals surface area contributed by atoms with Crippen molar-refractivity contribution in [1.29, 1.82) is 0 Å². The summed E-state index contributed by atoms with van der Waals surface area (Å²) in [5.41, 5.74) is 1.92. The number of para-hydroxylation sites is 2. The Morgan fingerprint density at radius 3 is 2.13 bits per heavy atom. The molecule has 158 valence electrons. The van der Waals surface area contributed by atoms with Crippen LogP contribution in [0, 0.1) is 0 Å². The van der Waals surface area contributed by atoms with Gasteiger partial charge in [-0.25, -0.2) is 0 Å². The van der Waals surface area contributed by atoms with Crippen LogP contribution in [0.1, 0.15) is 22.8 Å². The lowest BCUT2D eigenvalue weighted by Gasteiger charge is -2.17. The molecular weight excluding hydrogens is 392 g/mol. The molecule has 0 heterocycles. The van der Waals surface area contributed by atoms with E-state index in [2.05, 4.69) is 10.6 Å². The number of ketones is 1. The number of nitrogens with one attached hydrogen (secondary N) is 2. The molecule has 0 aliphatic carbocycles. The lowest BCUT2D eigenvalue weighted by atomic mass is 10.0. The molecule has 3 aromatic rings. The van der Waals surface area contributed by atoms with E-state index in [1.807, 2.05) is 48.5 Å². The van der Waals surface area contributed by atoms with Gasteiger partial charge in [-0.15, -0.1) is 0 Å². The van der Waals surface area contributed by atoms with Crippen molar-refractivity contribution < 1.29 is 19.1 Å². The monoisotopic (exact) mass is 416 g/mol. The highest BCUT2D eigenvalue weighted by Gasteiger charge is 2.19. The predicted molar refractivity (Wildman–Crippen MR) is 119 cm³/mol. The molecule has 0 radical (unpaired) electrons. The summed E-state index contributed by atoms with van der Waals surface area (Å²) < 4.78 is 5.60. The number of anilines is 1. The van der Waals surface area contributed by atoms with Crippen LogP contribution >= 0.6 is 0 Å². The number of hydrogen-bond donors (Lipinski definition) is 2. The van der Waals surface area contributed by atoms with Crippen molar-refractivity contribution in [2.75, 3.05) is 11.9 Å². The van der Waals surface area contributed by atoms with E-state index in [0.29, 0.717) is 17.7 Å². The summed E-state index contributed by atoms with van der Waals surface area (Å²) in [5, 5.41) is 5.51. The molecule has 0 saturated carbocycles. The molecule has 0 aliphatic rings. The Kier molecular flexibility index (Phi) is 7.54. The SMILES string of the molecule is CC(=O)[C@H](Cc1ccccc1)NC(=O)COc1ccccc1C(=O)Nc1ccccc1. The largest absolute Gasteiger partial charge is 0.483 e. The van der Waals surface area contributed by atoms with Crippen molar-refractivity contribution in [2.24, 2.45) is 0 Å². The van der Waals surface area contributed by atoms with E-state index in [4.69, 9.17) is 4.74 Å². The third kappa shape index (κ3) is 6.54. The minimum absolute atomic E-state index is 0.139. The third-order valence-corrected chi connectivity index (χ3v) is 4.63. The fraction of sp³-hybridized carbons (Fsp3) is 0.160. The van der Waals surface area contributed by atoms with Gasteiger partial charge in [0.25, 0.3) is 11.8 Å². The van der Waals surface area contributed by atoms with Gasteiger partial charge in [-0.05, 0) is 43.2 Å². The maximum atomic E-state index is 12.6. The second-order valence-corrected chi connectivity index (χ2v) is 7.03. The number of Topliss-reactive ketones (excluding diaryl/α,β-unsaturated/α-hetero) is 1. The topological polar surface area (TPSA) is 84.5 Å². The smallest absolute Gasteiger partial charge is 0.259 e. The molecule has 0 spiro atoms. The number of carbonyl (C=O) groups excluding carboxylic acids is 3. The fourth-order valence-electron chi connectivity index (χ4n) is 3.03. The molecule has 0 fully saturated rings. The molecule has 31 heavy (non-hydrogen) atoms. The fourth-order valence-corrected chi connectivity index (χ4v) is 3.03. The molecule has 0 unspecified atom stereocenters. The number of hydrogen-bond acceptors (Lipinski definition) is 4. The van der Waals surface area contributed by atoms with Crippen LogP contribution < -0.4 is 15.4 Å². The van der Waals surface area contributed by atoms with Gasteiger partial charge >= 0.3 is 0 Å². The zero-order valence-electron chi connectivity index (χ0n) is 17.2. The predicted octanol–water partition coefficient (Wildman–Crippen LogP) is 3.63. The molecule has 3 rings (SSSR count). The number of benzene rings is 3. The van der Waals surface area contributed by atoms with Crippen LogP contribution in [0.4, 0.5) is 5.69 Å². The molecule has 0 aromatic heterocycles. The van der Waals surface area contributed by atoms with Gasteiger partial charge in [0.05, 0.1) is 11.6 Å². The zero-order valence-corrected chi connectivity index (χ0v) is 17.2. The first-order chi connectivity index (χ1) is 15.0. The Balaban J connectivity index is 1.60. The Morgan fingerprint density at radius 1 is 0.839 bits per heavy atom. The molecule has 6 nitrogen and oxygen atoms in total. The Morgan fingerprint density at radius 2 is 1.45 bits per heavy atom. The highest BCUT2D eigenvalue weighted by atomic mass is 16.5. The van der Waals surface area contributed by atoms with Crippen LogP contribution in [0.3, 0.4) is 0 Å². The highest BCUT2D eigenvalue weighted by Crippen LogP contribution is 2.19. The van der Waals surface area contributed by atoms with Crippen LogP contribution in [-0.4, -0.2) is 30.2 Å². The van der Waals surface area contributed by atoms with E-state index < -0.39 is 11.9 Å². The average Bonchev–Trinajstić information content (AvgIpc) is 2.78. The first kappa shape index (κ1) is 21.8. The number of rotatable bonds is 9. The second kappa shape index (κ2) is 10.7. The lowest BCUT2D eigenvalue weighted by molar-refractivity contribution is -0.128. The molecule has 0 bridgehead atoms. The molecule has 2 N–H and O–H groups in total. The van der Waals surface area contributed by atoms with Gasteiger partial charge in [0.1, 0.15) is 5.75 Å². The lowest BCUT2D eigenvalue weighted by Crippen LogP contribution is -2.43. The minimum atomic E-state index is -0.643. The third-order valence-electron chi connectivity index (χ3n) is 4.63. The molecular formula is C25H24N2O4. The molecule has 0 aliphatic heterocycles. The van der Waals surface area contributed by atoms with Gasteiger partial charge in [0, 0.05) is 5.69 Å². The van der Waals surface area contributed by atoms with E-state index in [0.717, 1.165) is 5.56 Å². The number of ether oxygens (including phenoxy) is 1. The van der Waals surface area contributed by atoms with Crippen molar-refractivity contribution in [1.82, 2.24) is 5.32 Å². The summed E-state index contributed by atoms with van der Waals surface area (Å²) in [6.45, 7) is 1.13. The van der Waals surface area contributed by atoms with Crippen molar-refractivity contribution in [3.63, 3.8) is 0 Å². The van der Waals surface area contributed by atoms with Crippen LogP contribution in [0.25, 0.3) is 0 Å². The zero-order chi connectivity index (χ0) is 22.1. The second-order valence-electron chi connectivity index (χ2n) is 7.03. The summed E-state index contributed by atoms with van der Waals surface area (Å²) >= 11 is 0. The van der Waals surface area contributed by atoms with E-state index in [-0.39, 0.29) is 24.0 Å². The van der Waals surface area contributed by atoms with Crippen molar-refractivity contribution in [2.45, 2.75) is 19.4 Å². The molecule has 3 aromatic carbocycles. The molecule has 2 amide bonds.